The summed E-state index contributed by atoms with van der Waals surface area (Å²) in [6.07, 6.45) is 3.84. The van der Waals surface area contributed by atoms with Gasteiger partial charge in [0, 0.05) is 20.0 Å². The van der Waals surface area contributed by atoms with Crippen LogP contribution in [0.15, 0.2) is 28.8 Å². The molecule has 1 aromatic heterocycles. The molecule has 24 heavy (non-hydrogen) atoms. The van der Waals surface area contributed by atoms with Gasteiger partial charge in [0.2, 0.25) is 11.8 Å². The van der Waals surface area contributed by atoms with Crippen LogP contribution in [0.4, 0.5) is 0 Å². The van der Waals surface area contributed by atoms with Crippen LogP contribution >= 0.6 is 0 Å². The average Bonchev–Trinajstić information content (AvgIpc) is 3.23. The number of hydrogen-bond donors (Lipinski definition) is 0. The third kappa shape index (κ3) is 2.43. The first-order valence-corrected chi connectivity index (χ1v) is 8.71. The molecule has 0 bridgehead atoms. The third-order valence-electron chi connectivity index (χ3n) is 5.80. The molecule has 2 fully saturated rings. The Morgan fingerprint density at radius 3 is 2.96 bits per heavy atom. The molecule has 2 aliphatic rings. The van der Waals surface area contributed by atoms with Gasteiger partial charge in [-0.3, -0.25) is 4.79 Å². The molecule has 1 saturated heterocycles. The molecule has 1 aliphatic heterocycles. The zero-order valence-electron chi connectivity index (χ0n) is 14.3. The Balaban J connectivity index is 1.55. The van der Waals surface area contributed by atoms with E-state index in [2.05, 4.69) is 23.1 Å². The van der Waals surface area contributed by atoms with Crippen LogP contribution in [0.3, 0.4) is 0 Å². The minimum absolute atomic E-state index is 0.0981. The van der Waals surface area contributed by atoms with Crippen molar-refractivity contribution in [1.82, 2.24) is 15.0 Å². The highest BCUT2D eigenvalue weighted by molar-refractivity contribution is 5.79. The van der Waals surface area contributed by atoms with Gasteiger partial charge in [-0.15, -0.1) is 0 Å². The monoisotopic (exact) mass is 325 g/mol. The van der Waals surface area contributed by atoms with Gasteiger partial charge in [-0.1, -0.05) is 35.8 Å². The summed E-state index contributed by atoms with van der Waals surface area (Å²) in [7, 11) is 0. The van der Waals surface area contributed by atoms with Gasteiger partial charge < -0.3 is 9.42 Å². The van der Waals surface area contributed by atoms with Gasteiger partial charge in [-0.2, -0.15) is 4.98 Å². The minimum atomic E-state index is -0.0981. The van der Waals surface area contributed by atoms with E-state index in [-0.39, 0.29) is 11.3 Å². The van der Waals surface area contributed by atoms with Crippen LogP contribution in [0, 0.1) is 19.8 Å². The lowest BCUT2D eigenvalue weighted by molar-refractivity contribution is -0.129. The van der Waals surface area contributed by atoms with Crippen molar-refractivity contribution in [1.29, 1.82) is 0 Å². The number of aryl methyl sites for hydroxylation is 2. The van der Waals surface area contributed by atoms with E-state index in [1.54, 1.807) is 0 Å². The van der Waals surface area contributed by atoms with Crippen molar-refractivity contribution in [2.75, 3.05) is 13.1 Å². The molecule has 1 aromatic carbocycles. The predicted octanol–water partition coefficient (Wildman–Crippen LogP) is 2.81. The molecule has 4 rings (SSSR count). The lowest BCUT2D eigenvalue weighted by Crippen LogP contribution is -2.36. The molecule has 1 aliphatic carbocycles. The Morgan fingerprint density at radius 1 is 1.38 bits per heavy atom. The van der Waals surface area contributed by atoms with Crippen molar-refractivity contribution < 1.29 is 9.32 Å². The number of fused-ring (bicyclic) bond motifs is 1. The zero-order valence-corrected chi connectivity index (χ0v) is 14.3. The molecule has 0 N–H and O–H groups in total. The first-order valence-electron chi connectivity index (χ1n) is 8.71. The minimum Gasteiger partial charge on any atom is -0.341 e. The Morgan fingerprint density at radius 2 is 2.21 bits per heavy atom. The maximum Gasteiger partial charge on any atom is 0.227 e. The van der Waals surface area contributed by atoms with Gasteiger partial charge in [0.25, 0.3) is 0 Å². The molecule has 2 aromatic rings. The summed E-state index contributed by atoms with van der Waals surface area (Å²) in [5.41, 5.74) is 2.19. The fraction of sp³-hybridized carbons (Fsp3) is 0.526. The predicted molar refractivity (Wildman–Crippen MR) is 89.5 cm³/mol. The second-order valence-electron chi connectivity index (χ2n) is 7.26. The molecule has 2 atom stereocenters. The van der Waals surface area contributed by atoms with Crippen LogP contribution in [0.25, 0.3) is 0 Å². The second kappa shape index (κ2) is 5.72. The van der Waals surface area contributed by atoms with E-state index >= 15 is 0 Å². The summed E-state index contributed by atoms with van der Waals surface area (Å²) in [6, 6.07) is 8.11. The van der Waals surface area contributed by atoms with Gasteiger partial charge in [0.15, 0.2) is 5.82 Å². The number of hydrogen-bond acceptors (Lipinski definition) is 4. The van der Waals surface area contributed by atoms with E-state index in [9.17, 15) is 4.79 Å². The third-order valence-corrected chi connectivity index (χ3v) is 5.80. The van der Waals surface area contributed by atoms with Crippen LogP contribution in [0.1, 0.15) is 42.1 Å². The zero-order chi connectivity index (χ0) is 16.7. The Labute approximate surface area is 142 Å². The van der Waals surface area contributed by atoms with Crippen molar-refractivity contribution in [3.63, 3.8) is 0 Å². The molecular weight excluding hydrogens is 302 g/mol. The van der Waals surface area contributed by atoms with E-state index in [1.807, 2.05) is 30.0 Å². The lowest BCUT2D eigenvalue weighted by atomic mass is 9.80. The molecule has 0 spiro atoms. The molecule has 1 amide bonds. The van der Waals surface area contributed by atoms with Gasteiger partial charge in [0.1, 0.15) is 0 Å². The first-order chi connectivity index (χ1) is 11.6. The maximum atomic E-state index is 12.8. The largest absolute Gasteiger partial charge is 0.341 e. The number of rotatable bonds is 3. The molecular formula is C19H23N3O2. The summed E-state index contributed by atoms with van der Waals surface area (Å²) < 4.78 is 5.22. The quantitative estimate of drug-likeness (QED) is 0.871. The Hall–Kier alpha value is -2.17. The number of amides is 1. The van der Waals surface area contributed by atoms with E-state index in [0.29, 0.717) is 18.2 Å². The molecule has 5 heteroatoms. The maximum absolute atomic E-state index is 12.8. The summed E-state index contributed by atoms with van der Waals surface area (Å²) in [6.45, 7) is 5.43. The van der Waals surface area contributed by atoms with Gasteiger partial charge in [-0.25, -0.2) is 0 Å². The van der Waals surface area contributed by atoms with E-state index in [1.165, 1.54) is 12.0 Å². The molecule has 0 unspecified atom stereocenters. The number of likely N-dealkylation sites (tertiary alicyclic amines) is 1. The molecule has 126 valence electrons. The van der Waals surface area contributed by atoms with E-state index < -0.39 is 0 Å². The molecule has 2 heterocycles. The summed E-state index contributed by atoms with van der Waals surface area (Å²) in [5, 5.41) is 4.20. The van der Waals surface area contributed by atoms with E-state index in [4.69, 9.17) is 4.52 Å². The molecule has 0 radical (unpaired) electrons. The number of carbonyl (C=O) groups excluding carboxylic acids is 1. The topological polar surface area (TPSA) is 59.2 Å². The lowest BCUT2D eigenvalue weighted by Gasteiger charge is -2.24. The fourth-order valence-corrected chi connectivity index (χ4v) is 4.43. The first kappa shape index (κ1) is 15.4. The molecule has 5 nitrogen and oxygen atoms in total. The Kier molecular flexibility index (Phi) is 3.66. The Bertz CT molecular complexity index is 769. The van der Waals surface area contributed by atoms with Crippen LogP contribution in [-0.2, 0) is 16.6 Å². The van der Waals surface area contributed by atoms with Crippen molar-refractivity contribution in [3.05, 3.63) is 47.1 Å². The summed E-state index contributed by atoms with van der Waals surface area (Å²) >= 11 is 0. The van der Waals surface area contributed by atoms with Crippen LogP contribution in [-0.4, -0.2) is 34.0 Å². The summed E-state index contributed by atoms with van der Waals surface area (Å²) in [5.74, 6) is 2.07. The second-order valence-corrected chi connectivity index (χ2v) is 7.26. The van der Waals surface area contributed by atoms with Crippen molar-refractivity contribution in [2.24, 2.45) is 5.92 Å². The highest BCUT2D eigenvalue weighted by atomic mass is 16.5. The smallest absolute Gasteiger partial charge is 0.227 e. The summed E-state index contributed by atoms with van der Waals surface area (Å²) in [4.78, 5) is 19.4. The van der Waals surface area contributed by atoms with Crippen molar-refractivity contribution in [2.45, 2.75) is 44.9 Å². The van der Waals surface area contributed by atoms with Crippen LogP contribution < -0.4 is 0 Å². The number of aromatic nitrogens is 2. The normalized spacial score (nSPS) is 25.9. The number of benzene rings is 1. The van der Waals surface area contributed by atoms with Gasteiger partial charge in [-0.05, 0) is 36.8 Å². The van der Waals surface area contributed by atoms with Crippen molar-refractivity contribution in [3.8, 4) is 0 Å². The van der Waals surface area contributed by atoms with Gasteiger partial charge >= 0.3 is 0 Å². The van der Waals surface area contributed by atoms with Crippen molar-refractivity contribution >= 4 is 5.91 Å². The molecule has 1 saturated carbocycles. The highest BCUT2D eigenvalue weighted by Gasteiger charge is 2.54. The average molecular weight is 325 g/mol. The van der Waals surface area contributed by atoms with E-state index in [0.717, 1.165) is 37.3 Å². The number of nitrogens with zero attached hydrogens (tertiary/aromatic N) is 3. The van der Waals surface area contributed by atoms with Crippen LogP contribution in [0.2, 0.25) is 0 Å². The number of carbonyl (C=O) groups is 1. The highest BCUT2D eigenvalue weighted by Crippen LogP contribution is 2.49. The SMILES string of the molecule is Cc1nc([C@@]23CCC[C@@H]2CN(C(=O)Cc2ccccc2C)C3)no1. The van der Waals surface area contributed by atoms with Gasteiger partial charge in [0.05, 0.1) is 11.8 Å². The van der Waals surface area contributed by atoms with Crippen LogP contribution in [0.5, 0.6) is 0 Å². The standard InChI is InChI=1S/C19H23N3O2/c1-13-6-3-4-7-15(13)10-17(23)22-11-16-8-5-9-19(16,12-22)18-20-14(2)24-21-18/h3-4,6-7,16H,5,8-12H2,1-2H3/t16-,19-/m1/s1. The fourth-order valence-electron chi connectivity index (χ4n) is 4.43.